The molecule has 1 aliphatic carbocycles. The van der Waals surface area contributed by atoms with Crippen LogP contribution < -0.4 is 4.90 Å². The molecule has 1 aliphatic rings. The first-order valence-corrected chi connectivity index (χ1v) is 7.17. The fraction of sp³-hybridized carbons (Fsp3) is 0.600. The maximum absolute atomic E-state index is 4.71. The van der Waals surface area contributed by atoms with E-state index in [4.69, 9.17) is 4.98 Å². The van der Waals surface area contributed by atoms with Gasteiger partial charge in [0.2, 0.25) is 0 Å². The number of aromatic amines is 1. The van der Waals surface area contributed by atoms with Crippen molar-refractivity contribution in [1.29, 1.82) is 0 Å². The molecule has 0 atom stereocenters. The zero-order chi connectivity index (χ0) is 13.4. The lowest BCUT2D eigenvalue weighted by Gasteiger charge is -2.24. The first kappa shape index (κ1) is 12.5. The number of fused-ring (bicyclic) bond motifs is 1. The minimum absolute atomic E-state index is 0.591. The van der Waals surface area contributed by atoms with E-state index in [0.29, 0.717) is 5.92 Å². The Bertz CT molecular complexity index is 565. The predicted molar refractivity (Wildman–Crippen MR) is 78.6 cm³/mol. The summed E-state index contributed by atoms with van der Waals surface area (Å²) in [5.41, 5.74) is 1.90. The van der Waals surface area contributed by atoms with Gasteiger partial charge in [0.05, 0.1) is 5.52 Å². The van der Waals surface area contributed by atoms with E-state index in [-0.39, 0.29) is 0 Å². The van der Waals surface area contributed by atoms with Crippen LogP contribution >= 0.6 is 0 Å². The van der Waals surface area contributed by atoms with Crippen molar-refractivity contribution in [3.05, 3.63) is 18.0 Å². The molecule has 0 spiro atoms. The van der Waals surface area contributed by atoms with E-state index in [1.165, 1.54) is 25.7 Å². The second-order valence-electron chi connectivity index (χ2n) is 6.01. The van der Waals surface area contributed by atoms with Crippen LogP contribution in [0, 0.1) is 5.92 Å². The minimum Gasteiger partial charge on any atom is -0.363 e. The third-order valence-electron chi connectivity index (χ3n) is 4.21. The standard InChI is InChI=1S/C15H22N4/c1-10-4-6-11(7-5-10)14-16-12-8-9-13(19(2)3)17-15(12)18-14/h8-11H,4-7H2,1-3H3,(H,16,17,18). The number of H-pyrrole nitrogens is 1. The summed E-state index contributed by atoms with van der Waals surface area (Å²) in [6, 6.07) is 4.12. The number of pyridine rings is 1. The maximum Gasteiger partial charge on any atom is 0.179 e. The van der Waals surface area contributed by atoms with Crippen LogP contribution in [0.25, 0.3) is 11.2 Å². The number of imidazole rings is 1. The summed E-state index contributed by atoms with van der Waals surface area (Å²) in [5, 5.41) is 0. The average Bonchev–Trinajstić information content (AvgIpc) is 2.82. The highest BCUT2D eigenvalue weighted by atomic mass is 15.1. The molecule has 1 N–H and O–H groups in total. The SMILES string of the molecule is CC1CCC(c2nc3nc(N(C)C)ccc3[nH]2)CC1. The fourth-order valence-electron chi connectivity index (χ4n) is 2.88. The largest absolute Gasteiger partial charge is 0.363 e. The number of nitrogens with zero attached hydrogens (tertiary/aromatic N) is 3. The lowest BCUT2D eigenvalue weighted by atomic mass is 9.83. The van der Waals surface area contributed by atoms with Gasteiger partial charge in [0.15, 0.2) is 5.65 Å². The topological polar surface area (TPSA) is 44.8 Å². The lowest BCUT2D eigenvalue weighted by molar-refractivity contribution is 0.341. The highest BCUT2D eigenvalue weighted by Gasteiger charge is 2.22. The molecule has 0 radical (unpaired) electrons. The maximum atomic E-state index is 4.71. The molecule has 4 heteroatoms. The zero-order valence-electron chi connectivity index (χ0n) is 12.0. The van der Waals surface area contributed by atoms with Gasteiger partial charge < -0.3 is 9.88 Å². The normalized spacial score (nSPS) is 23.7. The molecule has 2 heterocycles. The highest BCUT2D eigenvalue weighted by molar-refractivity contribution is 5.73. The van der Waals surface area contributed by atoms with Gasteiger partial charge in [-0.1, -0.05) is 19.8 Å². The molecule has 102 valence electrons. The molecular weight excluding hydrogens is 236 g/mol. The van der Waals surface area contributed by atoms with Crippen molar-refractivity contribution >= 4 is 17.0 Å². The van der Waals surface area contributed by atoms with Crippen molar-refractivity contribution in [3.63, 3.8) is 0 Å². The summed E-state index contributed by atoms with van der Waals surface area (Å²) < 4.78 is 0. The van der Waals surface area contributed by atoms with E-state index in [1.807, 2.05) is 25.1 Å². The molecule has 2 aromatic rings. The molecule has 0 aromatic carbocycles. The Morgan fingerprint density at radius 2 is 1.84 bits per heavy atom. The molecule has 19 heavy (non-hydrogen) atoms. The van der Waals surface area contributed by atoms with Gasteiger partial charge in [-0.3, -0.25) is 0 Å². The molecule has 3 rings (SSSR count). The van der Waals surface area contributed by atoms with E-state index in [9.17, 15) is 0 Å². The van der Waals surface area contributed by atoms with Gasteiger partial charge >= 0.3 is 0 Å². The van der Waals surface area contributed by atoms with Crippen LogP contribution in [-0.4, -0.2) is 29.0 Å². The van der Waals surface area contributed by atoms with Crippen LogP contribution in [0.1, 0.15) is 44.3 Å². The van der Waals surface area contributed by atoms with E-state index in [0.717, 1.165) is 28.7 Å². The summed E-state index contributed by atoms with van der Waals surface area (Å²) in [4.78, 5) is 14.8. The van der Waals surface area contributed by atoms with Gasteiger partial charge in [-0.15, -0.1) is 0 Å². The van der Waals surface area contributed by atoms with E-state index in [1.54, 1.807) is 0 Å². The van der Waals surface area contributed by atoms with Crippen LogP contribution in [-0.2, 0) is 0 Å². The van der Waals surface area contributed by atoms with Crippen molar-refractivity contribution < 1.29 is 0 Å². The molecule has 0 amide bonds. The number of nitrogens with one attached hydrogen (secondary N) is 1. The van der Waals surface area contributed by atoms with Crippen LogP contribution in [0.3, 0.4) is 0 Å². The van der Waals surface area contributed by atoms with Gasteiger partial charge in [0.1, 0.15) is 11.6 Å². The second-order valence-corrected chi connectivity index (χ2v) is 6.01. The van der Waals surface area contributed by atoms with Crippen molar-refractivity contribution in [3.8, 4) is 0 Å². The molecule has 0 unspecified atom stereocenters. The highest BCUT2D eigenvalue weighted by Crippen LogP contribution is 2.34. The van der Waals surface area contributed by atoms with Gasteiger partial charge in [-0.2, -0.15) is 0 Å². The lowest BCUT2D eigenvalue weighted by Crippen LogP contribution is -2.11. The third kappa shape index (κ3) is 2.44. The number of rotatable bonds is 2. The van der Waals surface area contributed by atoms with E-state index >= 15 is 0 Å². The summed E-state index contributed by atoms with van der Waals surface area (Å²) in [6.45, 7) is 2.35. The van der Waals surface area contributed by atoms with E-state index < -0.39 is 0 Å². The monoisotopic (exact) mass is 258 g/mol. The van der Waals surface area contributed by atoms with Gasteiger partial charge in [-0.25, -0.2) is 9.97 Å². The van der Waals surface area contributed by atoms with Crippen LogP contribution in [0.5, 0.6) is 0 Å². The van der Waals surface area contributed by atoms with E-state index in [2.05, 4.69) is 23.0 Å². The molecular formula is C15H22N4. The van der Waals surface area contributed by atoms with Crippen LogP contribution in [0.2, 0.25) is 0 Å². The first-order valence-electron chi connectivity index (χ1n) is 7.17. The first-order chi connectivity index (χ1) is 9.13. The Balaban J connectivity index is 1.89. The van der Waals surface area contributed by atoms with Gasteiger partial charge in [-0.05, 0) is 30.9 Å². The number of aromatic nitrogens is 3. The Morgan fingerprint density at radius 1 is 1.11 bits per heavy atom. The molecule has 0 saturated heterocycles. The summed E-state index contributed by atoms with van der Waals surface area (Å²) in [5.74, 6) is 3.56. The Morgan fingerprint density at radius 3 is 2.53 bits per heavy atom. The Kier molecular flexibility index (Phi) is 3.17. The minimum atomic E-state index is 0.591. The third-order valence-corrected chi connectivity index (χ3v) is 4.21. The number of hydrogen-bond acceptors (Lipinski definition) is 3. The number of hydrogen-bond donors (Lipinski definition) is 1. The molecule has 0 bridgehead atoms. The second kappa shape index (κ2) is 4.83. The molecule has 2 aromatic heterocycles. The van der Waals surface area contributed by atoms with Crippen molar-refractivity contribution in [2.75, 3.05) is 19.0 Å². The van der Waals surface area contributed by atoms with Crippen molar-refractivity contribution in [2.24, 2.45) is 5.92 Å². The molecule has 1 saturated carbocycles. The molecule has 0 aliphatic heterocycles. The summed E-state index contributed by atoms with van der Waals surface area (Å²) in [7, 11) is 4.01. The van der Waals surface area contributed by atoms with Crippen molar-refractivity contribution in [2.45, 2.75) is 38.5 Å². The average molecular weight is 258 g/mol. The number of anilines is 1. The zero-order valence-corrected chi connectivity index (χ0v) is 12.0. The molecule has 1 fully saturated rings. The molecule has 4 nitrogen and oxygen atoms in total. The van der Waals surface area contributed by atoms with Gasteiger partial charge in [0.25, 0.3) is 0 Å². The van der Waals surface area contributed by atoms with Crippen LogP contribution in [0.15, 0.2) is 12.1 Å². The van der Waals surface area contributed by atoms with Crippen molar-refractivity contribution in [1.82, 2.24) is 15.0 Å². The quantitative estimate of drug-likeness (QED) is 0.898. The van der Waals surface area contributed by atoms with Crippen LogP contribution in [0.4, 0.5) is 5.82 Å². The smallest absolute Gasteiger partial charge is 0.179 e. The van der Waals surface area contributed by atoms with Gasteiger partial charge in [0, 0.05) is 20.0 Å². The summed E-state index contributed by atoms with van der Waals surface area (Å²) >= 11 is 0. The Hall–Kier alpha value is -1.58. The summed E-state index contributed by atoms with van der Waals surface area (Å²) in [6.07, 6.45) is 5.14. The fourth-order valence-corrected chi connectivity index (χ4v) is 2.88. The Labute approximate surface area is 114 Å². The predicted octanol–water partition coefficient (Wildman–Crippen LogP) is 3.32.